The number of sulfone groups is 1. The van der Waals surface area contributed by atoms with Gasteiger partial charge in [0.25, 0.3) is 0 Å². The summed E-state index contributed by atoms with van der Waals surface area (Å²) in [5, 5.41) is 2.49. The third kappa shape index (κ3) is 4.39. The minimum Gasteiger partial charge on any atom is -0.318 e. The molecule has 2 bridgehead atoms. The quantitative estimate of drug-likeness (QED) is 0.654. The third-order valence-corrected chi connectivity index (χ3v) is 8.41. The number of hydrogen-bond acceptors (Lipinski definition) is 3. The Kier molecular flexibility index (Phi) is 5.68. The lowest BCUT2D eigenvalue weighted by molar-refractivity contribution is -0.137. The normalized spacial score (nSPS) is 23.6. The molecule has 0 radical (unpaired) electrons. The number of halogens is 4. The van der Waals surface area contributed by atoms with Crippen LogP contribution in [0.15, 0.2) is 53.4 Å². The van der Waals surface area contributed by atoms with Gasteiger partial charge in [0.05, 0.1) is 15.7 Å². The zero-order valence-electron chi connectivity index (χ0n) is 16.3. The monoisotopic (exact) mass is 472 g/mol. The molecule has 0 aromatic heterocycles. The molecule has 0 aliphatic carbocycles. The van der Waals surface area contributed by atoms with E-state index in [0.29, 0.717) is 30.7 Å². The number of fused-ring (bicyclic) bond motifs is 2. The maximum absolute atomic E-state index is 13.0. The highest BCUT2D eigenvalue weighted by atomic mass is 35.5. The van der Waals surface area contributed by atoms with E-state index in [-0.39, 0.29) is 22.7 Å². The maximum Gasteiger partial charge on any atom is 0.416 e. The number of urea groups is 1. The van der Waals surface area contributed by atoms with Crippen LogP contribution >= 0.6 is 11.6 Å². The van der Waals surface area contributed by atoms with Crippen LogP contribution in [0, 0.1) is 0 Å². The number of carbonyl (C=O) groups excluding carboxylic acids is 1. The molecule has 2 saturated heterocycles. The van der Waals surface area contributed by atoms with Gasteiger partial charge >= 0.3 is 12.2 Å². The number of amides is 2. The van der Waals surface area contributed by atoms with E-state index < -0.39 is 32.9 Å². The second-order valence-electron chi connectivity index (χ2n) is 7.89. The molecule has 10 heteroatoms. The number of carbonyl (C=O) groups is 1. The van der Waals surface area contributed by atoms with Gasteiger partial charge in [-0.3, -0.25) is 0 Å². The molecule has 4 rings (SSSR count). The number of hydrogen-bond donors (Lipinski definition) is 1. The first kappa shape index (κ1) is 22.0. The summed E-state index contributed by atoms with van der Waals surface area (Å²) in [7, 11) is -3.55. The average molecular weight is 473 g/mol. The minimum absolute atomic E-state index is 0.212. The predicted octanol–water partition coefficient (Wildman–Crippen LogP) is 5.36. The van der Waals surface area contributed by atoms with Crippen molar-refractivity contribution in [2.75, 3.05) is 5.32 Å². The molecule has 2 aliphatic heterocycles. The zero-order chi connectivity index (χ0) is 22.4. The van der Waals surface area contributed by atoms with Crippen molar-refractivity contribution < 1.29 is 26.4 Å². The number of rotatable bonds is 3. The molecule has 0 saturated carbocycles. The Labute approximate surface area is 183 Å². The molecule has 1 unspecified atom stereocenters. The number of nitrogens with one attached hydrogen (secondary N) is 1. The highest BCUT2D eigenvalue weighted by Crippen LogP contribution is 2.40. The summed E-state index contributed by atoms with van der Waals surface area (Å²) >= 11 is 5.85. The fraction of sp³-hybridized carbons (Fsp3) is 0.381. The van der Waals surface area contributed by atoms with Crippen LogP contribution in [0.3, 0.4) is 0 Å². The predicted molar refractivity (Wildman–Crippen MR) is 111 cm³/mol. The van der Waals surface area contributed by atoms with Crippen LogP contribution in [0.25, 0.3) is 0 Å². The zero-order valence-corrected chi connectivity index (χ0v) is 17.8. The van der Waals surface area contributed by atoms with Crippen LogP contribution in [0.4, 0.5) is 23.7 Å². The molecule has 2 aliphatic rings. The largest absolute Gasteiger partial charge is 0.416 e. The van der Waals surface area contributed by atoms with Crippen molar-refractivity contribution in [2.24, 2.45) is 0 Å². The Hall–Kier alpha value is -2.26. The Morgan fingerprint density at radius 1 is 0.968 bits per heavy atom. The summed E-state index contributed by atoms with van der Waals surface area (Å²) in [5.74, 6) is 0. The van der Waals surface area contributed by atoms with Gasteiger partial charge in [-0.15, -0.1) is 0 Å². The first-order valence-electron chi connectivity index (χ1n) is 9.82. The van der Waals surface area contributed by atoms with Gasteiger partial charge in [0.1, 0.15) is 0 Å². The van der Waals surface area contributed by atoms with E-state index in [2.05, 4.69) is 5.32 Å². The fourth-order valence-electron chi connectivity index (χ4n) is 4.46. The summed E-state index contributed by atoms with van der Waals surface area (Å²) in [4.78, 5) is 14.7. The highest BCUT2D eigenvalue weighted by molar-refractivity contribution is 7.92. The Bertz CT molecular complexity index is 1060. The Morgan fingerprint density at radius 3 is 2.03 bits per heavy atom. The molecular formula is C21H20ClF3N2O3S. The van der Waals surface area contributed by atoms with E-state index in [1.54, 1.807) is 4.90 Å². The van der Waals surface area contributed by atoms with Crippen LogP contribution in [0.2, 0.25) is 5.02 Å². The summed E-state index contributed by atoms with van der Waals surface area (Å²) in [6, 6.07) is 9.40. The van der Waals surface area contributed by atoms with Crippen LogP contribution in [0.1, 0.15) is 31.2 Å². The number of anilines is 1. The van der Waals surface area contributed by atoms with E-state index in [0.717, 1.165) is 12.1 Å². The number of piperidine rings is 1. The average Bonchev–Trinajstić information content (AvgIpc) is 2.97. The topological polar surface area (TPSA) is 66.5 Å². The summed E-state index contributed by atoms with van der Waals surface area (Å²) < 4.78 is 64.2. The molecule has 2 aromatic rings. The van der Waals surface area contributed by atoms with E-state index in [1.807, 2.05) is 0 Å². The summed E-state index contributed by atoms with van der Waals surface area (Å²) in [6.45, 7) is 0. The van der Waals surface area contributed by atoms with Crippen LogP contribution < -0.4 is 5.32 Å². The lowest BCUT2D eigenvalue weighted by Gasteiger charge is -2.38. The number of alkyl halides is 3. The molecule has 2 amide bonds. The first-order chi connectivity index (χ1) is 14.6. The van der Waals surface area contributed by atoms with Gasteiger partial charge in [-0.05, 0) is 74.2 Å². The first-order valence-corrected chi connectivity index (χ1v) is 11.7. The fourth-order valence-corrected chi connectivity index (χ4v) is 6.44. The van der Waals surface area contributed by atoms with Gasteiger partial charge in [0.2, 0.25) is 0 Å². The van der Waals surface area contributed by atoms with Gasteiger partial charge in [0.15, 0.2) is 9.84 Å². The van der Waals surface area contributed by atoms with Crippen molar-refractivity contribution in [1.82, 2.24) is 4.90 Å². The molecule has 0 spiro atoms. The van der Waals surface area contributed by atoms with Crippen molar-refractivity contribution in [3.05, 3.63) is 59.1 Å². The van der Waals surface area contributed by atoms with Gasteiger partial charge in [0, 0.05) is 22.8 Å². The number of benzene rings is 2. The van der Waals surface area contributed by atoms with Gasteiger partial charge < -0.3 is 10.2 Å². The van der Waals surface area contributed by atoms with Crippen LogP contribution in [-0.4, -0.2) is 36.7 Å². The molecule has 31 heavy (non-hydrogen) atoms. The molecule has 2 aromatic carbocycles. The smallest absolute Gasteiger partial charge is 0.318 e. The van der Waals surface area contributed by atoms with Crippen molar-refractivity contribution >= 4 is 33.2 Å². The van der Waals surface area contributed by atoms with E-state index >= 15 is 0 Å². The summed E-state index contributed by atoms with van der Waals surface area (Å²) in [6.07, 6.45) is -2.42. The van der Waals surface area contributed by atoms with Crippen molar-refractivity contribution in [2.45, 2.75) is 54.1 Å². The standard InChI is InChI=1S/C21H20ClF3N2O3S/c22-14-3-9-18(10-4-14)31(29,30)19-11-16-7-8-17(12-19)27(16)20(28)26-15-5-1-13(2-6-15)21(23,24)25/h1-6,9-10,16-17,19H,7-8,11-12H2,(H,26,28)/t16-,17+,19?. The molecule has 1 N–H and O–H groups in total. The Morgan fingerprint density at radius 2 is 1.52 bits per heavy atom. The van der Waals surface area contributed by atoms with Gasteiger partial charge in [-0.2, -0.15) is 13.2 Å². The lowest BCUT2D eigenvalue weighted by atomic mass is 10.0. The second-order valence-corrected chi connectivity index (χ2v) is 10.6. The molecule has 2 heterocycles. The van der Waals surface area contributed by atoms with E-state index in [9.17, 15) is 26.4 Å². The molecular weight excluding hydrogens is 453 g/mol. The van der Waals surface area contributed by atoms with Crippen molar-refractivity contribution in [3.63, 3.8) is 0 Å². The van der Waals surface area contributed by atoms with Crippen LogP contribution in [-0.2, 0) is 16.0 Å². The van der Waals surface area contributed by atoms with Crippen LogP contribution in [0.5, 0.6) is 0 Å². The lowest BCUT2D eigenvalue weighted by Crippen LogP contribution is -2.51. The molecule has 2 fully saturated rings. The molecule has 5 nitrogen and oxygen atoms in total. The third-order valence-electron chi connectivity index (χ3n) is 5.97. The van der Waals surface area contributed by atoms with E-state index in [4.69, 9.17) is 11.6 Å². The van der Waals surface area contributed by atoms with Gasteiger partial charge in [-0.25, -0.2) is 13.2 Å². The van der Waals surface area contributed by atoms with E-state index in [1.165, 1.54) is 36.4 Å². The Balaban J connectivity index is 1.46. The SMILES string of the molecule is O=C(Nc1ccc(C(F)(F)F)cc1)N1[C@@H]2CC[C@H]1CC(S(=O)(=O)c1ccc(Cl)cc1)C2. The maximum atomic E-state index is 13.0. The second kappa shape index (κ2) is 8.02. The summed E-state index contributed by atoms with van der Waals surface area (Å²) in [5.41, 5.74) is -0.535. The van der Waals surface area contributed by atoms with Gasteiger partial charge in [-0.1, -0.05) is 11.6 Å². The number of nitrogens with zero attached hydrogens (tertiary/aromatic N) is 1. The minimum atomic E-state index is -4.45. The molecule has 3 atom stereocenters. The van der Waals surface area contributed by atoms with Crippen molar-refractivity contribution in [1.29, 1.82) is 0 Å². The van der Waals surface area contributed by atoms with Crippen molar-refractivity contribution in [3.8, 4) is 0 Å². The highest BCUT2D eigenvalue weighted by Gasteiger charge is 2.47. The molecule has 166 valence electrons.